The Balaban J connectivity index is 1.44. The minimum atomic E-state index is -0.702. The summed E-state index contributed by atoms with van der Waals surface area (Å²) in [6, 6.07) is 4.14. The second-order valence-corrected chi connectivity index (χ2v) is 12.3. The van der Waals surface area contributed by atoms with Crippen molar-refractivity contribution in [3.05, 3.63) is 45.2 Å². The van der Waals surface area contributed by atoms with Gasteiger partial charge in [-0.25, -0.2) is 9.97 Å². The van der Waals surface area contributed by atoms with Crippen LogP contribution >= 0.6 is 11.3 Å². The molecule has 186 valence electrons. The van der Waals surface area contributed by atoms with Crippen molar-refractivity contribution in [3.8, 4) is 0 Å². The third kappa shape index (κ3) is 4.48. The van der Waals surface area contributed by atoms with Gasteiger partial charge in [0, 0.05) is 40.5 Å². The predicted molar refractivity (Wildman–Crippen MR) is 137 cm³/mol. The normalized spacial score (nSPS) is 21.8. The highest BCUT2D eigenvalue weighted by Gasteiger charge is 2.39. The molecule has 8 heteroatoms. The van der Waals surface area contributed by atoms with E-state index in [9.17, 15) is 14.7 Å². The number of thiazole rings is 1. The number of hydrogen-bond acceptors (Lipinski definition) is 5. The van der Waals surface area contributed by atoms with E-state index < -0.39 is 5.97 Å². The zero-order chi connectivity index (χ0) is 24.9. The molecule has 0 bridgehead atoms. The first-order valence-electron chi connectivity index (χ1n) is 12.5. The monoisotopic (exact) mass is 494 g/mol. The average molecular weight is 495 g/mol. The summed E-state index contributed by atoms with van der Waals surface area (Å²) in [5.74, 6) is -0.505. The molecule has 1 N–H and O–H groups in total. The van der Waals surface area contributed by atoms with Crippen LogP contribution in [0.5, 0.6) is 0 Å². The number of fused-ring (bicyclic) bond motifs is 3. The highest BCUT2D eigenvalue weighted by Crippen LogP contribution is 2.41. The highest BCUT2D eigenvalue weighted by atomic mass is 32.1. The van der Waals surface area contributed by atoms with Crippen molar-refractivity contribution in [1.29, 1.82) is 0 Å². The van der Waals surface area contributed by atoms with Crippen LogP contribution in [0.4, 0.5) is 0 Å². The second-order valence-electron chi connectivity index (χ2n) is 10.9. The van der Waals surface area contributed by atoms with Gasteiger partial charge in [0.15, 0.2) is 0 Å². The Hall–Kier alpha value is -2.74. The number of aliphatic carboxylic acids is 1. The molecule has 7 nitrogen and oxygen atoms in total. The largest absolute Gasteiger partial charge is 0.481 e. The van der Waals surface area contributed by atoms with E-state index in [1.54, 1.807) is 11.3 Å². The number of amides is 1. The summed E-state index contributed by atoms with van der Waals surface area (Å²) in [6.07, 6.45) is 5.33. The lowest BCUT2D eigenvalue weighted by molar-refractivity contribution is -0.143. The lowest BCUT2D eigenvalue weighted by Crippen LogP contribution is -2.46. The van der Waals surface area contributed by atoms with E-state index in [-0.39, 0.29) is 23.2 Å². The number of pyridine rings is 1. The van der Waals surface area contributed by atoms with Gasteiger partial charge in [-0.2, -0.15) is 0 Å². The first-order valence-corrected chi connectivity index (χ1v) is 13.4. The molecule has 0 atom stereocenters. The summed E-state index contributed by atoms with van der Waals surface area (Å²) in [5.41, 5.74) is 4.26. The van der Waals surface area contributed by atoms with E-state index in [0.717, 1.165) is 40.3 Å². The molecule has 1 saturated carbocycles. The smallest absolute Gasteiger partial charge is 0.306 e. The fourth-order valence-electron chi connectivity index (χ4n) is 6.14. The van der Waals surface area contributed by atoms with Gasteiger partial charge in [0.2, 0.25) is 5.91 Å². The number of aryl methyl sites for hydroxylation is 2. The first-order chi connectivity index (χ1) is 16.6. The number of nitrogens with zero attached hydrogens (tertiary/aromatic N) is 4. The number of carbonyl (C=O) groups is 2. The molecule has 2 aliphatic rings. The number of carboxylic acid groups (broad SMARTS) is 1. The standard InChI is InChI=1S/C27H34N4O3S/c1-16-21(29-17(2)35-16)13-31-22-14-30(23(32)12-18-7-9-19(10-8-18)26(33)34)15-27(3,4)24(22)20-6-5-11-28-25(20)31/h5-6,11,18-19H,7-10,12-15H2,1-4H3,(H,33,34)/t18-,19-. The molecule has 1 fully saturated rings. The molecule has 0 spiro atoms. The number of aromatic nitrogens is 3. The molecule has 4 heterocycles. The number of rotatable bonds is 5. The van der Waals surface area contributed by atoms with Crippen molar-refractivity contribution in [2.45, 2.75) is 78.3 Å². The Morgan fingerprint density at radius 1 is 1.20 bits per heavy atom. The van der Waals surface area contributed by atoms with Crippen molar-refractivity contribution in [3.63, 3.8) is 0 Å². The summed E-state index contributed by atoms with van der Waals surface area (Å²) in [6.45, 7) is 10.5. The van der Waals surface area contributed by atoms with Crippen LogP contribution in [0.15, 0.2) is 18.3 Å². The van der Waals surface area contributed by atoms with Crippen molar-refractivity contribution >= 4 is 34.2 Å². The number of hydrogen-bond donors (Lipinski definition) is 1. The Labute approximate surface area is 210 Å². The summed E-state index contributed by atoms with van der Waals surface area (Å²) in [7, 11) is 0. The quantitative estimate of drug-likeness (QED) is 0.536. The average Bonchev–Trinajstić information content (AvgIpc) is 3.30. The predicted octanol–water partition coefficient (Wildman–Crippen LogP) is 5.06. The molecule has 1 aliphatic carbocycles. The molecule has 35 heavy (non-hydrogen) atoms. The molecule has 0 aromatic carbocycles. The Kier molecular flexibility index (Phi) is 6.20. The van der Waals surface area contributed by atoms with E-state index in [1.165, 1.54) is 10.4 Å². The van der Waals surface area contributed by atoms with E-state index in [0.29, 0.717) is 38.9 Å². The van der Waals surface area contributed by atoms with Gasteiger partial charge in [0.25, 0.3) is 0 Å². The Morgan fingerprint density at radius 3 is 2.60 bits per heavy atom. The van der Waals surface area contributed by atoms with Crippen LogP contribution in [0.1, 0.15) is 72.8 Å². The van der Waals surface area contributed by atoms with Crippen LogP contribution in [0.3, 0.4) is 0 Å². The Morgan fingerprint density at radius 2 is 1.94 bits per heavy atom. The third-order valence-electron chi connectivity index (χ3n) is 7.85. The van der Waals surface area contributed by atoms with E-state index in [1.807, 2.05) is 24.1 Å². The van der Waals surface area contributed by atoms with Crippen LogP contribution in [-0.2, 0) is 28.1 Å². The summed E-state index contributed by atoms with van der Waals surface area (Å²) in [5, 5.41) is 11.5. The molecule has 0 saturated heterocycles. The fourth-order valence-corrected chi connectivity index (χ4v) is 6.97. The lowest BCUT2D eigenvalue weighted by Gasteiger charge is -2.40. The minimum absolute atomic E-state index is 0.174. The topological polar surface area (TPSA) is 88.3 Å². The molecule has 0 radical (unpaired) electrons. The van der Waals surface area contributed by atoms with Crippen LogP contribution in [-0.4, -0.2) is 43.0 Å². The van der Waals surface area contributed by atoms with Crippen molar-refractivity contribution in [2.75, 3.05) is 6.54 Å². The molecule has 3 aromatic heterocycles. The molecule has 3 aromatic rings. The molecule has 1 amide bonds. The molecule has 0 unspecified atom stereocenters. The van der Waals surface area contributed by atoms with Gasteiger partial charge in [-0.3, -0.25) is 9.59 Å². The van der Waals surface area contributed by atoms with E-state index in [4.69, 9.17) is 9.97 Å². The van der Waals surface area contributed by atoms with Crippen LogP contribution in [0.25, 0.3) is 11.0 Å². The zero-order valence-corrected chi connectivity index (χ0v) is 21.8. The Bertz CT molecular complexity index is 1280. The van der Waals surface area contributed by atoms with Crippen molar-refractivity contribution < 1.29 is 14.7 Å². The molecule has 5 rings (SSSR count). The first kappa shape index (κ1) is 24.0. The van der Waals surface area contributed by atoms with Gasteiger partial charge < -0.3 is 14.6 Å². The van der Waals surface area contributed by atoms with Gasteiger partial charge in [-0.1, -0.05) is 13.8 Å². The number of carbonyl (C=O) groups excluding carboxylic acids is 1. The van der Waals surface area contributed by atoms with Gasteiger partial charge in [-0.15, -0.1) is 11.3 Å². The molecular weight excluding hydrogens is 460 g/mol. The maximum Gasteiger partial charge on any atom is 0.306 e. The fraction of sp³-hybridized carbons (Fsp3) is 0.556. The van der Waals surface area contributed by atoms with E-state index >= 15 is 0 Å². The van der Waals surface area contributed by atoms with Gasteiger partial charge in [-0.05, 0) is 63.1 Å². The third-order valence-corrected chi connectivity index (χ3v) is 8.78. The molecule has 1 aliphatic heterocycles. The van der Waals surface area contributed by atoms with Crippen LogP contribution in [0, 0.1) is 25.7 Å². The molecular formula is C27H34N4O3S. The van der Waals surface area contributed by atoms with Crippen LogP contribution < -0.4 is 0 Å². The van der Waals surface area contributed by atoms with Crippen LogP contribution in [0.2, 0.25) is 0 Å². The SMILES string of the molecule is Cc1nc(Cn2c3c(c4cccnc42)C(C)(C)CN(C(=O)C[C@H]2CC[C@H](C(=O)O)CC2)C3)c(C)s1. The maximum atomic E-state index is 13.5. The van der Waals surface area contributed by atoms with Crippen molar-refractivity contribution in [1.82, 2.24) is 19.4 Å². The van der Waals surface area contributed by atoms with Gasteiger partial charge >= 0.3 is 5.97 Å². The van der Waals surface area contributed by atoms with Crippen molar-refractivity contribution in [2.24, 2.45) is 11.8 Å². The minimum Gasteiger partial charge on any atom is -0.481 e. The van der Waals surface area contributed by atoms with Gasteiger partial charge in [0.05, 0.1) is 29.7 Å². The summed E-state index contributed by atoms with van der Waals surface area (Å²) in [4.78, 5) is 37.5. The maximum absolute atomic E-state index is 13.5. The second kappa shape index (κ2) is 9.04. The van der Waals surface area contributed by atoms with Gasteiger partial charge in [0.1, 0.15) is 5.65 Å². The van der Waals surface area contributed by atoms with E-state index in [2.05, 4.69) is 31.4 Å². The number of carboxylic acids is 1. The summed E-state index contributed by atoms with van der Waals surface area (Å²) < 4.78 is 2.27. The zero-order valence-electron chi connectivity index (χ0n) is 21.0. The lowest BCUT2D eigenvalue weighted by atomic mass is 9.78. The summed E-state index contributed by atoms with van der Waals surface area (Å²) >= 11 is 1.71. The highest BCUT2D eigenvalue weighted by molar-refractivity contribution is 7.11.